The van der Waals surface area contributed by atoms with Crippen LogP contribution in [-0.4, -0.2) is 23.6 Å². The van der Waals surface area contributed by atoms with Crippen molar-refractivity contribution in [2.24, 2.45) is 5.92 Å². The largest absolute Gasteiger partial charge is 0.310 e. The fourth-order valence-electron chi connectivity index (χ4n) is 2.48. The van der Waals surface area contributed by atoms with Crippen LogP contribution in [0, 0.1) is 5.92 Å². The van der Waals surface area contributed by atoms with Gasteiger partial charge in [-0.2, -0.15) is 11.8 Å². The highest BCUT2D eigenvalue weighted by Gasteiger charge is 2.25. The van der Waals surface area contributed by atoms with Gasteiger partial charge in [-0.3, -0.25) is 0 Å². The lowest BCUT2D eigenvalue weighted by molar-refractivity contribution is 0.268. The number of thioether (sulfide) groups is 1. The van der Waals surface area contributed by atoms with Crippen molar-refractivity contribution in [1.82, 2.24) is 5.32 Å². The predicted molar refractivity (Wildman–Crippen MR) is 60.3 cm³/mol. The summed E-state index contributed by atoms with van der Waals surface area (Å²) in [4.78, 5) is 0. The van der Waals surface area contributed by atoms with E-state index in [2.05, 4.69) is 24.0 Å². The first-order valence-electron chi connectivity index (χ1n) is 5.72. The lowest BCUT2D eigenvalue weighted by Crippen LogP contribution is -2.47. The van der Waals surface area contributed by atoms with Gasteiger partial charge in [0.2, 0.25) is 0 Å². The third-order valence-corrected chi connectivity index (χ3v) is 4.75. The number of hydrogen-bond acceptors (Lipinski definition) is 2. The first-order chi connectivity index (χ1) is 6.38. The highest BCUT2D eigenvalue weighted by molar-refractivity contribution is 8.00. The summed E-state index contributed by atoms with van der Waals surface area (Å²) >= 11 is 2.08. The molecule has 1 nitrogen and oxygen atoms in total. The van der Waals surface area contributed by atoms with Crippen molar-refractivity contribution in [3.05, 3.63) is 0 Å². The molecule has 76 valence electrons. The third-order valence-electron chi connectivity index (χ3n) is 3.47. The van der Waals surface area contributed by atoms with Crippen LogP contribution < -0.4 is 5.32 Å². The van der Waals surface area contributed by atoms with Crippen molar-refractivity contribution in [1.29, 1.82) is 0 Å². The molecule has 2 unspecified atom stereocenters. The fraction of sp³-hybridized carbons (Fsp3) is 1.00. The highest BCUT2D eigenvalue weighted by Crippen LogP contribution is 2.28. The molecule has 1 N–H and O–H groups in total. The maximum atomic E-state index is 3.80. The SMILES string of the molecule is CCC1CCCC(NC2CSC2)C1. The van der Waals surface area contributed by atoms with E-state index in [0.717, 1.165) is 18.0 Å². The van der Waals surface area contributed by atoms with E-state index in [1.165, 1.54) is 43.6 Å². The van der Waals surface area contributed by atoms with Crippen LogP contribution in [-0.2, 0) is 0 Å². The summed E-state index contributed by atoms with van der Waals surface area (Å²) in [7, 11) is 0. The summed E-state index contributed by atoms with van der Waals surface area (Å²) < 4.78 is 0. The van der Waals surface area contributed by atoms with Gasteiger partial charge in [-0.1, -0.05) is 26.2 Å². The van der Waals surface area contributed by atoms with Crippen LogP contribution in [0.5, 0.6) is 0 Å². The Labute approximate surface area is 86.0 Å². The Morgan fingerprint density at radius 1 is 1.23 bits per heavy atom. The van der Waals surface area contributed by atoms with E-state index in [9.17, 15) is 0 Å². The number of rotatable bonds is 3. The van der Waals surface area contributed by atoms with Crippen molar-refractivity contribution in [2.75, 3.05) is 11.5 Å². The minimum absolute atomic E-state index is 0.851. The summed E-state index contributed by atoms with van der Waals surface area (Å²) in [6.07, 6.45) is 7.19. The lowest BCUT2D eigenvalue weighted by Gasteiger charge is -2.35. The quantitative estimate of drug-likeness (QED) is 0.750. The predicted octanol–water partition coefficient (Wildman–Crippen LogP) is 2.66. The van der Waals surface area contributed by atoms with Crippen molar-refractivity contribution < 1.29 is 0 Å². The van der Waals surface area contributed by atoms with E-state index in [-0.39, 0.29) is 0 Å². The molecule has 0 bridgehead atoms. The minimum atomic E-state index is 0.851. The Kier molecular flexibility index (Phi) is 3.56. The number of hydrogen-bond donors (Lipinski definition) is 1. The van der Waals surface area contributed by atoms with Crippen LogP contribution >= 0.6 is 11.8 Å². The second-order valence-corrected chi connectivity index (χ2v) is 5.61. The molecule has 2 heteroatoms. The molecule has 2 rings (SSSR count). The Hall–Kier alpha value is 0.310. The Bertz CT molecular complexity index is 154. The molecule has 0 aromatic rings. The second-order valence-electron chi connectivity index (χ2n) is 4.54. The van der Waals surface area contributed by atoms with Gasteiger partial charge in [-0.15, -0.1) is 0 Å². The van der Waals surface area contributed by atoms with E-state index >= 15 is 0 Å². The fourth-order valence-corrected chi connectivity index (χ4v) is 3.14. The number of nitrogens with one attached hydrogen (secondary N) is 1. The monoisotopic (exact) mass is 199 g/mol. The first kappa shape index (κ1) is 9.85. The van der Waals surface area contributed by atoms with Gasteiger partial charge in [0.05, 0.1) is 0 Å². The molecule has 2 atom stereocenters. The van der Waals surface area contributed by atoms with Crippen LogP contribution in [0.25, 0.3) is 0 Å². The Morgan fingerprint density at radius 2 is 2.08 bits per heavy atom. The molecule has 1 aliphatic carbocycles. The molecule has 2 fully saturated rings. The molecule has 1 aliphatic heterocycles. The zero-order valence-corrected chi connectivity index (χ0v) is 9.41. The van der Waals surface area contributed by atoms with E-state index < -0.39 is 0 Å². The van der Waals surface area contributed by atoms with Gasteiger partial charge in [0.15, 0.2) is 0 Å². The Balaban J connectivity index is 1.71. The van der Waals surface area contributed by atoms with Crippen molar-refractivity contribution in [3.63, 3.8) is 0 Å². The molecule has 2 aliphatic rings. The average molecular weight is 199 g/mol. The van der Waals surface area contributed by atoms with Crippen LogP contribution in [0.3, 0.4) is 0 Å². The molecule has 0 radical (unpaired) electrons. The average Bonchev–Trinajstić information content (AvgIpc) is 2.12. The lowest BCUT2D eigenvalue weighted by atomic mass is 9.84. The van der Waals surface area contributed by atoms with Crippen molar-refractivity contribution in [3.8, 4) is 0 Å². The summed E-state index contributed by atoms with van der Waals surface area (Å²) in [6, 6.07) is 1.70. The summed E-state index contributed by atoms with van der Waals surface area (Å²) in [5.74, 6) is 3.72. The normalized spacial score (nSPS) is 35.8. The third kappa shape index (κ3) is 2.63. The molecule has 0 spiro atoms. The van der Waals surface area contributed by atoms with Gasteiger partial charge in [0, 0.05) is 23.6 Å². The summed E-state index contributed by atoms with van der Waals surface area (Å²) in [5.41, 5.74) is 0. The highest BCUT2D eigenvalue weighted by atomic mass is 32.2. The first-order valence-corrected chi connectivity index (χ1v) is 6.87. The van der Waals surface area contributed by atoms with Crippen LogP contribution in [0.15, 0.2) is 0 Å². The van der Waals surface area contributed by atoms with E-state index in [1.54, 1.807) is 0 Å². The molecule has 13 heavy (non-hydrogen) atoms. The van der Waals surface area contributed by atoms with Gasteiger partial charge in [0.1, 0.15) is 0 Å². The van der Waals surface area contributed by atoms with Gasteiger partial charge < -0.3 is 5.32 Å². The minimum Gasteiger partial charge on any atom is -0.310 e. The summed E-state index contributed by atoms with van der Waals surface area (Å²) in [5, 5.41) is 3.80. The molecule has 0 aromatic carbocycles. The molecule has 1 saturated heterocycles. The molecule has 0 aromatic heterocycles. The van der Waals surface area contributed by atoms with E-state index in [1.807, 2.05) is 0 Å². The molecule has 1 saturated carbocycles. The van der Waals surface area contributed by atoms with Crippen LogP contribution in [0.4, 0.5) is 0 Å². The molecule has 1 heterocycles. The second kappa shape index (κ2) is 4.70. The standard InChI is InChI=1S/C11H21NS/c1-2-9-4-3-5-10(6-9)12-11-7-13-8-11/h9-12H,2-8H2,1H3. The summed E-state index contributed by atoms with van der Waals surface area (Å²) in [6.45, 7) is 2.34. The maximum absolute atomic E-state index is 3.80. The topological polar surface area (TPSA) is 12.0 Å². The van der Waals surface area contributed by atoms with Gasteiger partial charge in [-0.05, 0) is 18.8 Å². The van der Waals surface area contributed by atoms with Crippen molar-refractivity contribution in [2.45, 2.75) is 51.1 Å². The van der Waals surface area contributed by atoms with Crippen molar-refractivity contribution >= 4 is 11.8 Å². The van der Waals surface area contributed by atoms with E-state index in [4.69, 9.17) is 0 Å². The van der Waals surface area contributed by atoms with Crippen LogP contribution in [0.1, 0.15) is 39.0 Å². The molecular weight excluding hydrogens is 178 g/mol. The van der Waals surface area contributed by atoms with Gasteiger partial charge in [0.25, 0.3) is 0 Å². The molecule has 0 amide bonds. The maximum Gasteiger partial charge on any atom is 0.0251 e. The van der Waals surface area contributed by atoms with Crippen LogP contribution in [0.2, 0.25) is 0 Å². The zero-order valence-electron chi connectivity index (χ0n) is 8.59. The molecular formula is C11H21NS. The zero-order chi connectivity index (χ0) is 9.10. The van der Waals surface area contributed by atoms with E-state index in [0.29, 0.717) is 0 Å². The van der Waals surface area contributed by atoms with Gasteiger partial charge >= 0.3 is 0 Å². The smallest absolute Gasteiger partial charge is 0.0251 e. The Morgan fingerprint density at radius 3 is 2.69 bits per heavy atom. The van der Waals surface area contributed by atoms with Gasteiger partial charge in [-0.25, -0.2) is 0 Å².